The number of aromatic nitrogens is 1. The van der Waals surface area contributed by atoms with Crippen LogP contribution in [0.1, 0.15) is 39.3 Å². The molecule has 0 N–H and O–H groups in total. The SMILES string of the molecule is COc1cc(C(=O)CCC(=O)c2ccc(OC)c(-c3ccc(F)c(C)c3)n2)ccc1F. The zero-order valence-corrected chi connectivity index (χ0v) is 17.4. The Morgan fingerprint density at radius 2 is 1.52 bits per heavy atom. The van der Waals surface area contributed by atoms with Gasteiger partial charge in [-0.05, 0) is 61.0 Å². The van der Waals surface area contributed by atoms with Gasteiger partial charge in [-0.3, -0.25) is 9.59 Å². The number of methoxy groups -OCH3 is 2. The average Bonchev–Trinajstić information content (AvgIpc) is 2.78. The summed E-state index contributed by atoms with van der Waals surface area (Å²) in [4.78, 5) is 29.5. The molecule has 0 aliphatic carbocycles. The molecule has 0 aliphatic heterocycles. The molecule has 3 rings (SSSR count). The van der Waals surface area contributed by atoms with Crippen molar-refractivity contribution < 1.29 is 27.8 Å². The van der Waals surface area contributed by atoms with E-state index in [-0.39, 0.29) is 47.2 Å². The first-order valence-corrected chi connectivity index (χ1v) is 9.55. The number of aryl methyl sites for hydroxylation is 1. The van der Waals surface area contributed by atoms with Crippen LogP contribution in [0.25, 0.3) is 11.3 Å². The van der Waals surface area contributed by atoms with Crippen LogP contribution in [0.5, 0.6) is 11.5 Å². The highest BCUT2D eigenvalue weighted by Gasteiger charge is 2.17. The molecule has 0 spiro atoms. The number of ketones is 2. The molecule has 0 fully saturated rings. The van der Waals surface area contributed by atoms with E-state index in [0.29, 0.717) is 22.6 Å². The number of carbonyl (C=O) groups excluding carboxylic acids is 2. The van der Waals surface area contributed by atoms with Crippen molar-refractivity contribution in [3.05, 3.63) is 77.0 Å². The van der Waals surface area contributed by atoms with Gasteiger partial charge in [0.05, 0.1) is 14.2 Å². The van der Waals surface area contributed by atoms with Crippen molar-refractivity contribution in [2.75, 3.05) is 14.2 Å². The lowest BCUT2D eigenvalue weighted by atomic mass is 10.0. The number of carbonyl (C=O) groups is 2. The molecule has 1 aromatic heterocycles. The normalized spacial score (nSPS) is 10.6. The summed E-state index contributed by atoms with van der Waals surface area (Å²) in [5.41, 5.74) is 1.89. The summed E-state index contributed by atoms with van der Waals surface area (Å²) in [6, 6.07) is 11.5. The summed E-state index contributed by atoms with van der Waals surface area (Å²) in [6.45, 7) is 1.64. The van der Waals surface area contributed by atoms with Gasteiger partial charge in [0.15, 0.2) is 23.1 Å². The zero-order valence-electron chi connectivity index (χ0n) is 17.4. The second-order valence-corrected chi connectivity index (χ2v) is 6.91. The predicted octanol–water partition coefficient (Wildman–Crippen LogP) is 5.20. The first-order valence-electron chi connectivity index (χ1n) is 9.55. The van der Waals surface area contributed by atoms with Crippen molar-refractivity contribution in [2.24, 2.45) is 0 Å². The number of rotatable bonds is 8. The lowest BCUT2D eigenvalue weighted by Crippen LogP contribution is -2.08. The van der Waals surface area contributed by atoms with Gasteiger partial charge >= 0.3 is 0 Å². The maximum absolute atomic E-state index is 13.6. The Hall–Kier alpha value is -3.61. The molecule has 7 heteroatoms. The lowest BCUT2D eigenvalue weighted by Gasteiger charge is -2.11. The van der Waals surface area contributed by atoms with Crippen molar-refractivity contribution in [2.45, 2.75) is 19.8 Å². The summed E-state index contributed by atoms with van der Waals surface area (Å²) in [7, 11) is 2.79. The Morgan fingerprint density at radius 3 is 2.19 bits per heavy atom. The number of nitrogens with zero attached hydrogens (tertiary/aromatic N) is 1. The molecule has 3 aromatic rings. The van der Waals surface area contributed by atoms with Gasteiger partial charge in [0, 0.05) is 24.0 Å². The van der Waals surface area contributed by atoms with Gasteiger partial charge < -0.3 is 9.47 Å². The standard InChI is InChI=1S/C24H21F2NO4/c1-14-12-16(5-6-17(14)25)24-22(30-2)11-8-19(27-24)21(29)10-9-20(28)15-4-7-18(26)23(13-15)31-3/h4-8,11-13H,9-10H2,1-3H3. The van der Waals surface area contributed by atoms with E-state index in [4.69, 9.17) is 9.47 Å². The molecule has 0 atom stereocenters. The number of ether oxygens (including phenoxy) is 2. The Balaban J connectivity index is 1.79. The number of benzene rings is 2. The molecule has 31 heavy (non-hydrogen) atoms. The number of hydrogen-bond donors (Lipinski definition) is 0. The van der Waals surface area contributed by atoms with E-state index in [9.17, 15) is 18.4 Å². The fourth-order valence-electron chi connectivity index (χ4n) is 3.10. The first-order chi connectivity index (χ1) is 14.8. The summed E-state index contributed by atoms with van der Waals surface area (Å²) < 4.78 is 37.4. The maximum Gasteiger partial charge on any atom is 0.181 e. The minimum atomic E-state index is -0.568. The minimum absolute atomic E-state index is 0.0340. The molecule has 1 heterocycles. The van der Waals surface area contributed by atoms with Gasteiger partial charge in [0.1, 0.15) is 23.0 Å². The van der Waals surface area contributed by atoms with Crippen LogP contribution in [0.3, 0.4) is 0 Å². The Bertz CT molecular complexity index is 1140. The largest absolute Gasteiger partial charge is 0.494 e. The molecule has 0 unspecified atom stereocenters. The highest BCUT2D eigenvalue weighted by molar-refractivity contribution is 6.01. The van der Waals surface area contributed by atoms with Crippen molar-refractivity contribution in [3.63, 3.8) is 0 Å². The van der Waals surface area contributed by atoms with Crippen LogP contribution in [0.15, 0.2) is 48.5 Å². The first kappa shape index (κ1) is 22.1. The third kappa shape index (κ3) is 4.94. The molecule has 2 aromatic carbocycles. The summed E-state index contributed by atoms with van der Waals surface area (Å²) >= 11 is 0. The molecule has 0 radical (unpaired) electrons. The van der Waals surface area contributed by atoms with E-state index < -0.39 is 5.82 Å². The molecule has 0 bridgehead atoms. The van der Waals surface area contributed by atoms with E-state index in [1.165, 1.54) is 38.5 Å². The third-order valence-electron chi connectivity index (χ3n) is 4.85. The van der Waals surface area contributed by atoms with Crippen LogP contribution in [0.2, 0.25) is 0 Å². The second-order valence-electron chi connectivity index (χ2n) is 6.91. The number of pyridine rings is 1. The fraction of sp³-hybridized carbons (Fsp3) is 0.208. The summed E-state index contributed by atoms with van der Waals surface area (Å²) in [6.07, 6.45) is -0.133. The van der Waals surface area contributed by atoms with Gasteiger partial charge in [-0.1, -0.05) is 0 Å². The maximum atomic E-state index is 13.6. The minimum Gasteiger partial charge on any atom is -0.494 e. The van der Waals surface area contributed by atoms with E-state index in [1.54, 1.807) is 25.1 Å². The smallest absolute Gasteiger partial charge is 0.181 e. The van der Waals surface area contributed by atoms with Crippen molar-refractivity contribution >= 4 is 11.6 Å². The Kier molecular flexibility index (Phi) is 6.74. The van der Waals surface area contributed by atoms with Crippen LogP contribution < -0.4 is 9.47 Å². The van der Waals surface area contributed by atoms with Gasteiger partial charge in [0.25, 0.3) is 0 Å². The molecule has 160 valence electrons. The van der Waals surface area contributed by atoms with Crippen LogP contribution in [-0.2, 0) is 0 Å². The van der Waals surface area contributed by atoms with Crippen LogP contribution >= 0.6 is 0 Å². The molecule has 5 nitrogen and oxygen atoms in total. The number of halogens is 2. The highest BCUT2D eigenvalue weighted by Crippen LogP contribution is 2.30. The van der Waals surface area contributed by atoms with Crippen molar-refractivity contribution in [3.8, 4) is 22.8 Å². The molecule has 0 aliphatic rings. The quantitative estimate of drug-likeness (QED) is 0.464. The van der Waals surface area contributed by atoms with Crippen LogP contribution in [0, 0.1) is 18.6 Å². The average molecular weight is 425 g/mol. The Labute approximate surface area is 178 Å². The zero-order chi connectivity index (χ0) is 22.5. The predicted molar refractivity (Wildman–Crippen MR) is 112 cm³/mol. The molecular formula is C24H21F2NO4. The summed E-state index contributed by atoms with van der Waals surface area (Å²) in [5, 5.41) is 0. The van der Waals surface area contributed by atoms with Crippen molar-refractivity contribution in [1.29, 1.82) is 0 Å². The van der Waals surface area contributed by atoms with Crippen LogP contribution in [-0.4, -0.2) is 30.8 Å². The van der Waals surface area contributed by atoms with E-state index in [2.05, 4.69) is 4.98 Å². The lowest BCUT2D eigenvalue weighted by molar-refractivity contribution is 0.0915. The van der Waals surface area contributed by atoms with E-state index in [0.717, 1.165) is 6.07 Å². The fourth-order valence-corrected chi connectivity index (χ4v) is 3.10. The highest BCUT2D eigenvalue weighted by atomic mass is 19.1. The second kappa shape index (κ2) is 9.47. The van der Waals surface area contributed by atoms with Crippen molar-refractivity contribution in [1.82, 2.24) is 4.98 Å². The molecule has 0 amide bonds. The van der Waals surface area contributed by atoms with Gasteiger partial charge in [-0.25, -0.2) is 13.8 Å². The monoisotopic (exact) mass is 425 g/mol. The molecule has 0 saturated heterocycles. The number of Topliss-reactive ketones (excluding diaryl/α,β-unsaturated/α-hetero) is 2. The van der Waals surface area contributed by atoms with Crippen LogP contribution in [0.4, 0.5) is 8.78 Å². The number of hydrogen-bond acceptors (Lipinski definition) is 5. The van der Waals surface area contributed by atoms with E-state index in [1.807, 2.05) is 0 Å². The summed E-state index contributed by atoms with van der Waals surface area (Å²) in [5.74, 6) is -1.14. The van der Waals surface area contributed by atoms with Gasteiger partial charge in [-0.2, -0.15) is 0 Å². The Morgan fingerprint density at radius 1 is 0.839 bits per heavy atom. The topological polar surface area (TPSA) is 65.5 Å². The van der Waals surface area contributed by atoms with E-state index >= 15 is 0 Å². The van der Waals surface area contributed by atoms with Gasteiger partial charge in [-0.15, -0.1) is 0 Å². The molecule has 0 saturated carbocycles. The molecular weight excluding hydrogens is 404 g/mol. The third-order valence-corrected chi connectivity index (χ3v) is 4.85. The van der Waals surface area contributed by atoms with Gasteiger partial charge in [0.2, 0.25) is 0 Å².